The minimum atomic E-state index is -1.05. The number of amides is 4. The molecule has 0 unspecified atom stereocenters. The second-order valence-corrected chi connectivity index (χ2v) is 19.0. The first-order chi connectivity index (χ1) is 31.0. The summed E-state index contributed by atoms with van der Waals surface area (Å²) in [5, 5.41) is 5.57. The number of cyclic esters (lactones) is 1. The van der Waals surface area contributed by atoms with Crippen LogP contribution in [0.3, 0.4) is 0 Å². The quantitative estimate of drug-likeness (QED) is 0.139. The summed E-state index contributed by atoms with van der Waals surface area (Å²) >= 11 is 0. The maximum atomic E-state index is 14.7. The number of methoxy groups -OCH3 is 1. The number of hydrogen-bond acceptors (Lipinski definition) is 9. The lowest BCUT2D eigenvalue weighted by molar-refractivity contribution is -0.155. The van der Waals surface area contributed by atoms with Crippen molar-refractivity contribution >= 4 is 40.5 Å². The Morgan fingerprint density at radius 3 is 2.55 bits per heavy atom. The Morgan fingerprint density at radius 1 is 1.06 bits per heavy atom. The zero-order valence-electron chi connectivity index (χ0n) is 39.2. The Labute approximate surface area is 382 Å². The molecule has 2 aromatic carbocycles. The van der Waals surface area contributed by atoms with Crippen LogP contribution in [0.2, 0.25) is 0 Å². The van der Waals surface area contributed by atoms with Gasteiger partial charge in [-0.1, -0.05) is 64.6 Å². The Morgan fingerprint density at radius 2 is 1.83 bits per heavy atom. The van der Waals surface area contributed by atoms with E-state index in [4.69, 9.17) is 14.5 Å². The van der Waals surface area contributed by atoms with E-state index in [1.54, 1.807) is 25.3 Å². The van der Waals surface area contributed by atoms with Crippen LogP contribution < -0.4 is 10.7 Å². The maximum Gasteiger partial charge on any atom is 0.324 e. The number of hydrazine groups is 1. The van der Waals surface area contributed by atoms with E-state index >= 15 is 0 Å². The fourth-order valence-corrected chi connectivity index (χ4v) is 9.88. The highest BCUT2D eigenvalue weighted by Crippen LogP contribution is 2.42. The number of carbonyl (C=O) groups is 5. The molecule has 0 spiro atoms. The van der Waals surface area contributed by atoms with Gasteiger partial charge < -0.3 is 29.2 Å². The van der Waals surface area contributed by atoms with Crippen molar-refractivity contribution in [2.24, 2.45) is 17.3 Å². The molecule has 14 heteroatoms. The average molecular weight is 888 g/mol. The highest BCUT2D eigenvalue weighted by atomic mass is 16.5. The second-order valence-electron chi connectivity index (χ2n) is 19.0. The Bertz CT molecular complexity index is 2460. The van der Waals surface area contributed by atoms with E-state index in [9.17, 15) is 24.0 Å². The van der Waals surface area contributed by atoms with Crippen molar-refractivity contribution in [3.8, 4) is 22.4 Å². The molecule has 2 fully saturated rings. The normalized spacial score (nSPS) is 21.1. The van der Waals surface area contributed by atoms with Gasteiger partial charge in [-0.3, -0.25) is 34.0 Å². The third-order valence-electron chi connectivity index (χ3n) is 13.3. The van der Waals surface area contributed by atoms with Crippen molar-refractivity contribution in [2.45, 2.75) is 104 Å². The summed E-state index contributed by atoms with van der Waals surface area (Å²) in [5.41, 5.74) is 10.5. The van der Waals surface area contributed by atoms with Crippen molar-refractivity contribution in [1.82, 2.24) is 35.1 Å². The molecule has 6 bridgehead atoms. The third kappa shape index (κ3) is 9.89. The smallest absolute Gasteiger partial charge is 0.324 e. The average Bonchev–Trinajstić information content (AvgIpc) is 3.92. The fraction of sp³-hybridized carbons (Fsp3) is 0.490. The first-order valence-corrected chi connectivity index (χ1v) is 23.0. The number of nitrogens with one attached hydrogen (secondary N) is 2. The standard InChI is InChI=1S/C51H65N7O7/c1-10-43(59)56-24-21-36(29-56)48(61)55(8)45(31(3)4)47(60)53-41-26-33-15-12-16-34(25-33)35-19-20-42-38(27-35)39(46(57(42)11-2)37-17-13-22-52-44(37)32(5)64-9)28-51(6,7)30-65-50(63)40-18-14-23-58(54-40)49(41)62/h10,12-13,15-17,19-20,22,25,27,31-32,36,40-41,45,54H,1,11,14,18,21,23-24,26,28-30H2,2-9H3,(H,53,60)/t32-,36-,40-,41-,45-/m0/s1. The van der Waals surface area contributed by atoms with Gasteiger partial charge in [0.1, 0.15) is 18.1 Å². The van der Waals surface area contributed by atoms with E-state index < -0.39 is 47.2 Å². The van der Waals surface area contributed by atoms with Crippen molar-refractivity contribution in [1.29, 1.82) is 0 Å². The molecule has 2 saturated heterocycles. The largest absolute Gasteiger partial charge is 0.464 e. The zero-order chi connectivity index (χ0) is 46.7. The number of likely N-dealkylation sites (tertiary alicyclic amines) is 1. The predicted octanol–water partition coefficient (Wildman–Crippen LogP) is 6.26. The lowest BCUT2D eigenvalue weighted by Gasteiger charge is -2.37. The van der Waals surface area contributed by atoms with Crippen LogP contribution in [0.1, 0.15) is 83.7 Å². The number of nitrogens with zero attached hydrogens (tertiary/aromatic N) is 5. The van der Waals surface area contributed by atoms with E-state index in [1.165, 1.54) is 16.0 Å². The molecule has 14 nitrogen and oxygen atoms in total. The number of benzene rings is 2. The minimum absolute atomic E-state index is 0.136. The number of fused-ring (bicyclic) bond motifs is 6. The van der Waals surface area contributed by atoms with Crippen LogP contribution >= 0.6 is 0 Å². The number of carbonyl (C=O) groups excluding carboxylic acids is 5. The SMILES string of the molecule is C=CC(=O)N1CC[C@H](C(=O)N(C)[C@H](C(=O)N[C@H]2Cc3cccc(c3)-c3ccc4c(c3)c(c(-c3cccnc3[C@H](C)OC)n4CC)CC(C)(C)COC(=O)[C@@H]3CCCN(N3)C2=O)C(C)C)C1. The molecule has 3 aliphatic heterocycles. The monoisotopic (exact) mass is 887 g/mol. The lowest BCUT2D eigenvalue weighted by Crippen LogP contribution is -2.62. The van der Waals surface area contributed by atoms with E-state index in [2.05, 4.69) is 79.1 Å². The summed E-state index contributed by atoms with van der Waals surface area (Å²) in [6.07, 6.45) is 5.02. The topological polar surface area (TPSA) is 155 Å². The molecular weight excluding hydrogens is 823 g/mol. The molecule has 2 aromatic heterocycles. The van der Waals surface area contributed by atoms with Crippen molar-refractivity contribution in [3.63, 3.8) is 0 Å². The van der Waals surface area contributed by atoms with E-state index in [1.807, 2.05) is 39.0 Å². The van der Waals surface area contributed by atoms with Crippen LogP contribution in [0.4, 0.5) is 0 Å². The first-order valence-electron chi connectivity index (χ1n) is 23.0. The maximum absolute atomic E-state index is 14.7. The molecule has 7 rings (SSSR count). The summed E-state index contributed by atoms with van der Waals surface area (Å²) < 4.78 is 14.3. The molecule has 5 atom stereocenters. The summed E-state index contributed by atoms with van der Waals surface area (Å²) in [6.45, 7) is 17.5. The number of aryl methyl sites for hydroxylation is 1. The third-order valence-corrected chi connectivity index (χ3v) is 13.3. The van der Waals surface area contributed by atoms with Crippen molar-refractivity contribution in [3.05, 3.63) is 90.3 Å². The van der Waals surface area contributed by atoms with Gasteiger partial charge in [-0.2, -0.15) is 0 Å². The van der Waals surface area contributed by atoms with Crippen LogP contribution in [0.25, 0.3) is 33.3 Å². The van der Waals surface area contributed by atoms with Gasteiger partial charge in [0.15, 0.2) is 0 Å². The Kier molecular flexibility index (Phi) is 14.3. The first kappa shape index (κ1) is 47.1. The number of esters is 1. The van der Waals surface area contributed by atoms with Crippen LogP contribution in [-0.2, 0) is 52.8 Å². The molecule has 65 heavy (non-hydrogen) atoms. The molecular formula is C51H65N7O7. The number of rotatable bonds is 10. The molecule has 2 N–H and O–H groups in total. The molecule has 3 aliphatic rings. The fourth-order valence-electron chi connectivity index (χ4n) is 9.88. The van der Waals surface area contributed by atoms with Gasteiger partial charge in [-0.25, -0.2) is 5.43 Å². The molecule has 0 aliphatic carbocycles. The molecule has 0 saturated carbocycles. The van der Waals surface area contributed by atoms with Gasteiger partial charge in [-0.05, 0) is 98.0 Å². The van der Waals surface area contributed by atoms with Gasteiger partial charge in [0.2, 0.25) is 17.7 Å². The molecule has 4 amide bonds. The van der Waals surface area contributed by atoms with Gasteiger partial charge >= 0.3 is 5.97 Å². The van der Waals surface area contributed by atoms with Crippen LogP contribution in [0.15, 0.2) is 73.4 Å². The van der Waals surface area contributed by atoms with Crippen molar-refractivity contribution in [2.75, 3.05) is 40.4 Å². The number of ether oxygens (including phenoxy) is 2. The van der Waals surface area contributed by atoms with Crippen LogP contribution in [-0.4, -0.2) is 112 Å². The van der Waals surface area contributed by atoms with Gasteiger partial charge in [0, 0.05) is 74.8 Å². The second kappa shape index (κ2) is 19.7. The molecule has 5 heterocycles. The van der Waals surface area contributed by atoms with Gasteiger partial charge in [0.25, 0.3) is 5.91 Å². The molecule has 0 radical (unpaired) electrons. The van der Waals surface area contributed by atoms with Crippen LogP contribution in [0.5, 0.6) is 0 Å². The number of pyridine rings is 1. The molecule has 346 valence electrons. The summed E-state index contributed by atoms with van der Waals surface area (Å²) in [7, 11) is 3.30. The number of hydrogen-bond donors (Lipinski definition) is 2. The summed E-state index contributed by atoms with van der Waals surface area (Å²) in [4.78, 5) is 77.2. The van der Waals surface area contributed by atoms with E-state index in [0.717, 1.165) is 50.1 Å². The van der Waals surface area contributed by atoms with Gasteiger partial charge in [0.05, 0.1) is 30.0 Å². The number of likely N-dealkylation sites (N-methyl/N-ethyl adjacent to an activating group) is 1. The van der Waals surface area contributed by atoms with Crippen molar-refractivity contribution < 1.29 is 33.4 Å². The van der Waals surface area contributed by atoms with Crippen LogP contribution in [0, 0.1) is 17.3 Å². The predicted molar refractivity (Wildman–Crippen MR) is 250 cm³/mol. The Hall–Kier alpha value is -5.86. The van der Waals surface area contributed by atoms with E-state index in [0.29, 0.717) is 45.3 Å². The summed E-state index contributed by atoms with van der Waals surface area (Å²) in [5.74, 6) is -2.56. The lowest BCUT2D eigenvalue weighted by atomic mass is 9.84. The highest BCUT2D eigenvalue weighted by Gasteiger charge is 2.40. The Balaban J connectivity index is 1.29. The van der Waals surface area contributed by atoms with E-state index in [-0.39, 0.29) is 43.4 Å². The van der Waals surface area contributed by atoms with Gasteiger partial charge in [-0.15, -0.1) is 0 Å². The minimum Gasteiger partial charge on any atom is -0.464 e. The summed E-state index contributed by atoms with van der Waals surface area (Å²) in [6, 6.07) is 15.9. The zero-order valence-corrected chi connectivity index (χ0v) is 39.2. The molecule has 4 aromatic rings. The number of aromatic nitrogens is 2. The highest BCUT2D eigenvalue weighted by molar-refractivity contribution is 5.96.